The zero-order valence-electron chi connectivity index (χ0n) is 15.7. The van der Waals surface area contributed by atoms with Crippen molar-refractivity contribution in [2.45, 2.75) is 25.8 Å². The summed E-state index contributed by atoms with van der Waals surface area (Å²) >= 11 is 1.62. The fourth-order valence-electron chi connectivity index (χ4n) is 3.82. The van der Waals surface area contributed by atoms with Crippen molar-refractivity contribution in [3.8, 4) is 0 Å². The van der Waals surface area contributed by atoms with Gasteiger partial charge in [0.2, 0.25) is 0 Å². The summed E-state index contributed by atoms with van der Waals surface area (Å²) in [6, 6.07) is 3.50. The van der Waals surface area contributed by atoms with Crippen molar-refractivity contribution in [3.05, 3.63) is 46.5 Å². The molecule has 2 aromatic rings. The highest BCUT2D eigenvalue weighted by molar-refractivity contribution is 7.13. The predicted octanol–water partition coefficient (Wildman–Crippen LogP) is 3.37. The van der Waals surface area contributed by atoms with Gasteiger partial charge >= 0.3 is 0 Å². The molecule has 3 heterocycles. The largest absolute Gasteiger partial charge is 0.345 e. The molecular formula is C20H24F2N4OS. The van der Waals surface area contributed by atoms with Crippen LogP contribution in [0.1, 0.15) is 35.3 Å². The molecule has 1 aromatic heterocycles. The molecule has 0 unspecified atom stereocenters. The van der Waals surface area contributed by atoms with Gasteiger partial charge in [-0.15, -0.1) is 11.3 Å². The first-order valence-electron chi connectivity index (χ1n) is 9.77. The number of rotatable bonds is 4. The SMILES string of the molecule is O=C(c1c(F)cccc1F)N1CCN(c2nc(CN3CCCCC3)cs2)CC1. The van der Waals surface area contributed by atoms with Crippen molar-refractivity contribution in [1.82, 2.24) is 14.8 Å². The van der Waals surface area contributed by atoms with Crippen LogP contribution >= 0.6 is 11.3 Å². The second kappa shape index (κ2) is 8.53. The molecule has 0 saturated carbocycles. The van der Waals surface area contributed by atoms with E-state index >= 15 is 0 Å². The average molecular weight is 407 g/mol. The van der Waals surface area contributed by atoms with Crippen LogP contribution in [0.2, 0.25) is 0 Å². The van der Waals surface area contributed by atoms with Crippen LogP contribution < -0.4 is 4.90 Å². The molecule has 0 N–H and O–H groups in total. The van der Waals surface area contributed by atoms with Crippen molar-refractivity contribution in [2.75, 3.05) is 44.2 Å². The predicted molar refractivity (Wildman–Crippen MR) is 106 cm³/mol. The molecule has 1 amide bonds. The Bertz CT molecular complexity index is 809. The summed E-state index contributed by atoms with van der Waals surface area (Å²) in [6.07, 6.45) is 3.84. The molecular weight excluding hydrogens is 382 g/mol. The number of aromatic nitrogens is 1. The van der Waals surface area contributed by atoms with E-state index in [1.165, 1.54) is 30.2 Å². The second-order valence-electron chi connectivity index (χ2n) is 7.33. The van der Waals surface area contributed by atoms with Gasteiger partial charge in [-0.25, -0.2) is 13.8 Å². The summed E-state index contributed by atoms with van der Waals surface area (Å²) in [5, 5.41) is 3.06. The van der Waals surface area contributed by atoms with Gasteiger partial charge in [0.25, 0.3) is 5.91 Å². The number of benzene rings is 1. The first-order chi connectivity index (χ1) is 13.6. The molecule has 1 aromatic carbocycles. The molecule has 2 aliphatic rings. The first-order valence-corrected chi connectivity index (χ1v) is 10.6. The molecule has 2 fully saturated rings. The molecule has 2 aliphatic heterocycles. The number of piperidine rings is 1. The van der Waals surface area contributed by atoms with E-state index in [2.05, 4.69) is 15.2 Å². The smallest absolute Gasteiger partial charge is 0.259 e. The van der Waals surface area contributed by atoms with Gasteiger partial charge in [-0.05, 0) is 38.1 Å². The van der Waals surface area contributed by atoms with E-state index in [1.807, 2.05) is 0 Å². The maximum absolute atomic E-state index is 13.9. The van der Waals surface area contributed by atoms with E-state index in [0.717, 1.165) is 42.6 Å². The summed E-state index contributed by atoms with van der Waals surface area (Å²) in [5.41, 5.74) is 0.628. The van der Waals surface area contributed by atoms with E-state index in [0.29, 0.717) is 26.2 Å². The van der Waals surface area contributed by atoms with Crippen LogP contribution in [0.15, 0.2) is 23.6 Å². The van der Waals surface area contributed by atoms with E-state index in [4.69, 9.17) is 4.98 Å². The van der Waals surface area contributed by atoms with Gasteiger partial charge in [-0.3, -0.25) is 9.69 Å². The monoisotopic (exact) mass is 406 g/mol. The van der Waals surface area contributed by atoms with Gasteiger partial charge in [-0.2, -0.15) is 0 Å². The Balaban J connectivity index is 1.35. The van der Waals surface area contributed by atoms with Crippen LogP contribution in [0.25, 0.3) is 0 Å². The molecule has 0 spiro atoms. The molecule has 28 heavy (non-hydrogen) atoms. The highest BCUT2D eigenvalue weighted by atomic mass is 32.1. The van der Waals surface area contributed by atoms with Gasteiger partial charge in [0, 0.05) is 38.1 Å². The average Bonchev–Trinajstić information content (AvgIpc) is 3.17. The molecule has 2 saturated heterocycles. The lowest BCUT2D eigenvalue weighted by Gasteiger charge is -2.34. The number of amides is 1. The van der Waals surface area contributed by atoms with Crippen LogP contribution in [0, 0.1) is 11.6 Å². The van der Waals surface area contributed by atoms with Crippen molar-refractivity contribution in [3.63, 3.8) is 0 Å². The quantitative estimate of drug-likeness (QED) is 0.781. The lowest BCUT2D eigenvalue weighted by Crippen LogP contribution is -2.49. The third kappa shape index (κ3) is 4.17. The van der Waals surface area contributed by atoms with Crippen molar-refractivity contribution in [1.29, 1.82) is 0 Å². The molecule has 0 atom stereocenters. The zero-order valence-corrected chi connectivity index (χ0v) is 16.6. The number of halogens is 2. The molecule has 150 valence electrons. The van der Waals surface area contributed by atoms with Crippen molar-refractivity contribution < 1.29 is 13.6 Å². The van der Waals surface area contributed by atoms with Crippen LogP contribution in [-0.2, 0) is 6.54 Å². The molecule has 0 radical (unpaired) electrons. The van der Waals surface area contributed by atoms with Crippen molar-refractivity contribution >= 4 is 22.4 Å². The highest BCUT2D eigenvalue weighted by Crippen LogP contribution is 2.24. The number of carbonyl (C=O) groups excluding carboxylic acids is 1. The summed E-state index contributed by atoms with van der Waals surface area (Å²) in [6.45, 7) is 5.24. The Labute approximate surface area is 167 Å². The third-order valence-corrected chi connectivity index (χ3v) is 6.34. The van der Waals surface area contributed by atoms with Gasteiger partial charge in [-0.1, -0.05) is 12.5 Å². The topological polar surface area (TPSA) is 39.7 Å². The van der Waals surface area contributed by atoms with Crippen LogP contribution in [0.3, 0.4) is 0 Å². The summed E-state index contributed by atoms with van der Waals surface area (Å²) in [4.78, 5) is 23.4. The number of thiazole rings is 1. The number of carbonyl (C=O) groups is 1. The van der Waals surface area contributed by atoms with Crippen LogP contribution in [0.5, 0.6) is 0 Å². The maximum Gasteiger partial charge on any atom is 0.259 e. The fraction of sp³-hybridized carbons (Fsp3) is 0.500. The van der Waals surface area contributed by atoms with Gasteiger partial charge in [0.1, 0.15) is 17.2 Å². The summed E-state index contributed by atoms with van der Waals surface area (Å²) in [5.74, 6) is -2.20. The van der Waals surface area contributed by atoms with Gasteiger partial charge < -0.3 is 9.80 Å². The highest BCUT2D eigenvalue weighted by Gasteiger charge is 2.27. The summed E-state index contributed by atoms with van der Waals surface area (Å²) < 4.78 is 27.8. The van der Waals surface area contributed by atoms with Crippen molar-refractivity contribution in [2.24, 2.45) is 0 Å². The van der Waals surface area contributed by atoms with E-state index in [1.54, 1.807) is 11.3 Å². The number of piperazine rings is 1. The minimum atomic E-state index is -0.810. The Morgan fingerprint density at radius 3 is 2.36 bits per heavy atom. The number of anilines is 1. The number of hydrogen-bond acceptors (Lipinski definition) is 5. The van der Waals surface area contributed by atoms with E-state index in [9.17, 15) is 13.6 Å². The standard InChI is InChI=1S/C20H24F2N4OS/c21-16-5-4-6-17(22)18(16)19(27)25-9-11-26(12-10-25)20-23-15(14-28-20)13-24-7-2-1-3-8-24/h4-6,14H,1-3,7-13H2. The Morgan fingerprint density at radius 1 is 1.00 bits per heavy atom. The number of likely N-dealkylation sites (tertiary alicyclic amines) is 1. The van der Waals surface area contributed by atoms with E-state index in [-0.39, 0.29) is 0 Å². The first kappa shape index (κ1) is 19.3. The minimum absolute atomic E-state index is 0.424. The number of nitrogens with zero attached hydrogens (tertiary/aromatic N) is 4. The number of hydrogen-bond donors (Lipinski definition) is 0. The zero-order chi connectivity index (χ0) is 19.5. The molecule has 0 aliphatic carbocycles. The molecule has 8 heteroatoms. The van der Waals surface area contributed by atoms with Crippen LogP contribution in [0.4, 0.5) is 13.9 Å². The van der Waals surface area contributed by atoms with E-state index < -0.39 is 23.1 Å². The minimum Gasteiger partial charge on any atom is -0.345 e. The molecule has 0 bridgehead atoms. The van der Waals surface area contributed by atoms with Crippen LogP contribution in [-0.4, -0.2) is 60.0 Å². The Kier molecular flexibility index (Phi) is 5.87. The lowest BCUT2D eigenvalue weighted by atomic mass is 10.1. The molecule has 5 nitrogen and oxygen atoms in total. The van der Waals surface area contributed by atoms with Gasteiger partial charge in [0.05, 0.1) is 5.69 Å². The second-order valence-corrected chi connectivity index (χ2v) is 8.17. The normalized spacial score (nSPS) is 18.5. The fourth-order valence-corrected chi connectivity index (χ4v) is 4.69. The maximum atomic E-state index is 13.9. The summed E-state index contributed by atoms with van der Waals surface area (Å²) in [7, 11) is 0. The third-order valence-electron chi connectivity index (χ3n) is 5.39. The molecule has 4 rings (SSSR count). The van der Waals surface area contributed by atoms with Gasteiger partial charge in [0.15, 0.2) is 5.13 Å². The Morgan fingerprint density at radius 2 is 1.68 bits per heavy atom. The Hall–Kier alpha value is -2.06. The lowest BCUT2D eigenvalue weighted by molar-refractivity contribution is 0.0737.